The summed E-state index contributed by atoms with van der Waals surface area (Å²) in [6, 6.07) is 4.31. The van der Waals surface area contributed by atoms with E-state index in [1.807, 2.05) is 0 Å². The number of methoxy groups -OCH3 is 1. The number of ether oxygens (including phenoxy) is 1. The first-order valence-electron chi connectivity index (χ1n) is 5.25. The van der Waals surface area contributed by atoms with Gasteiger partial charge in [-0.15, -0.1) is 0 Å². The molecule has 0 saturated carbocycles. The molecule has 0 unspecified atom stereocenters. The molecular formula is C12H9Cl2FN2O2. The van der Waals surface area contributed by atoms with E-state index in [4.69, 9.17) is 27.9 Å². The second-order valence-electron chi connectivity index (χ2n) is 3.75. The number of halogens is 3. The average Bonchev–Trinajstić information content (AvgIpc) is 2.38. The van der Waals surface area contributed by atoms with E-state index in [1.54, 1.807) is 6.07 Å². The van der Waals surface area contributed by atoms with Gasteiger partial charge in [-0.05, 0) is 17.7 Å². The van der Waals surface area contributed by atoms with Crippen molar-refractivity contribution in [3.63, 3.8) is 0 Å². The van der Waals surface area contributed by atoms with Gasteiger partial charge in [0, 0.05) is 0 Å². The molecule has 0 spiro atoms. The van der Waals surface area contributed by atoms with Gasteiger partial charge in [0.15, 0.2) is 5.15 Å². The molecule has 1 aromatic heterocycles. The fraction of sp³-hybridized carbons (Fsp3) is 0.167. The van der Waals surface area contributed by atoms with Crippen LogP contribution in [0.1, 0.15) is 5.56 Å². The van der Waals surface area contributed by atoms with Gasteiger partial charge in [-0.1, -0.05) is 29.3 Å². The lowest BCUT2D eigenvalue weighted by atomic mass is 10.2. The van der Waals surface area contributed by atoms with E-state index >= 15 is 0 Å². The number of nitrogens with zero attached hydrogens (tertiary/aromatic N) is 2. The Morgan fingerprint density at radius 3 is 2.79 bits per heavy atom. The molecule has 1 aromatic carbocycles. The minimum atomic E-state index is -0.541. The van der Waals surface area contributed by atoms with Crippen molar-refractivity contribution in [1.82, 2.24) is 9.55 Å². The summed E-state index contributed by atoms with van der Waals surface area (Å²) in [5.41, 5.74) is 0.146. The van der Waals surface area contributed by atoms with E-state index < -0.39 is 11.4 Å². The largest absolute Gasteiger partial charge is 0.489 e. The van der Waals surface area contributed by atoms with Crippen molar-refractivity contribution in [2.24, 2.45) is 0 Å². The van der Waals surface area contributed by atoms with Crippen molar-refractivity contribution in [2.75, 3.05) is 7.11 Å². The zero-order valence-electron chi connectivity index (χ0n) is 9.86. The molecule has 19 heavy (non-hydrogen) atoms. The highest BCUT2D eigenvalue weighted by molar-refractivity contribution is 6.31. The summed E-state index contributed by atoms with van der Waals surface area (Å²) < 4.78 is 19.5. The first-order valence-corrected chi connectivity index (χ1v) is 6.01. The van der Waals surface area contributed by atoms with E-state index in [1.165, 1.54) is 30.1 Å². The molecule has 0 aliphatic heterocycles. The van der Waals surface area contributed by atoms with Crippen LogP contribution in [0.4, 0.5) is 4.39 Å². The van der Waals surface area contributed by atoms with Gasteiger partial charge >= 0.3 is 0 Å². The van der Waals surface area contributed by atoms with Crippen molar-refractivity contribution < 1.29 is 9.13 Å². The molecule has 4 nitrogen and oxygen atoms in total. The Morgan fingerprint density at radius 2 is 2.16 bits per heavy atom. The van der Waals surface area contributed by atoms with Gasteiger partial charge in [0.1, 0.15) is 5.82 Å². The Labute approximate surface area is 118 Å². The summed E-state index contributed by atoms with van der Waals surface area (Å²) in [7, 11) is 1.33. The Kier molecular flexibility index (Phi) is 4.07. The van der Waals surface area contributed by atoms with Gasteiger partial charge < -0.3 is 4.74 Å². The maximum atomic E-state index is 13.3. The lowest BCUT2D eigenvalue weighted by molar-refractivity contribution is 0.401. The first kappa shape index (κ1) is 13.8. The number of rotatable bonds is 3. The van der Waals surface area contributed by atoms with Gasteiger partial charge in [-0.3, -0.25) is 9.36 Å². The van der Waals surface area contributed by atoms with E-state index in [9.17, 15) is 9.18 Å². The number of hydrogen-bond acceptors (Lipinski definition) is 3. The van der Waals surface area contributed by atoms with Crippen LogP contribution in [0.2, 0.25) is 10.2 Å². The van der Waals surface area contributed by atoms with Crippen molar-refractivity contribution in [3.8, 4) is 5.75 Å². The Bertz CT molecular complexity index is 673. The third-order valence-corrected chi connectivity index (χ3v) is 3.07. The smallest absolute Gasteiger partial charge is 0.297 e. The third-order valence-electron chi connectivity index (χ3n) is 2.49. The van der Waals surface area contributed by atoms with Gasteiger partial charge in [-0.2, -0.15) is 0 Å². The molecule has 0 saturated heterocycles. The van der Waals surface area contributed by atoms with Crippen LogP contribution >= 0.6 is 23.2 Å². The Morgan fingerprint density at radius 1 is 1.42 bits per heavy atom. The summed E-state index contributed by atoms with van der Waals surface area (Å²) in [5, 5.41) is 0.0222. The zero-order chi connectivity index (χ0) is 14.0. The standard InChI is InChI=1S/C12H9Cl2FN2O2/c1-19-10-11(14)16-6-17(12(10)18)5-7-2-3-8(13)9(15)4-7/h2-4,6H,5H2,1H3. The van der Waals surface area contributed by atoms with E-state index in [0.717, 1.165) is 0 Å². The molecule has 0 aliphatic carbocycles. The monoisotopic (exact) mass is 302 g/mol. The maximum Gasteiger partial charge on any atom is 0.297 e. The second-order valence-corrected chi connectivity index (χ2v) is 4.52. The van der Waals surface area contributed by atoms with Crippen LogP contribution in [-0.4, -0.2) is 16.7 Å². The van der Waals surface area contributed by atoms with Crippen LogP contribution in [0, 0.1) is 5.82 Å². The van der Waals surface area contributed by atoms with Crippen molar-refractivity contribution in [3.05, 3.63) is 56.4 Å². The predicted molar refractivity (Wildman–Crippen MR) is 70.6 cm³/mol. The van der Waals surface area contributed by atoms with Gasteiger partial charge in [0.25, 0.3) is 5.56 Å². The highest BCUT2D eigenvalue weighted by atomic mass is 35.5. The summed E-state index contributed by atoms with van der Waals surface area (Å²) in [6.07, 6.45) is 1.28. The van der Waals surface area contributed by atoms with Crippen LogP contribution in [-0.2, 0) is 6.54 Å². The second kappa shape index (κ2) is 5.59. The maximum absolute atomic E-state index is 13.3. The quantitative estimate of drug-likeness (QED) is 0.819. The van der Waals surface area contributed by atoms with Crippen LogP contribution in [0.5, 0.6) is 5.75 Å². The molecule has 0 radical (unpaired) electrons. The van der Waals surface area contributed by atoms with Crippen molar-refractivity contribution in [2.45, 2.75) is 6.54 Å². The minimum Gasteiger partial charge on any atom is -0.489 e. The molecule has 0 fully saturated rings. The SMILES string of the molecule is COc1c(Cl)ncn(Cc2ccc(Cl)c(F)c2)c1=O. The zero-order valence-corrected chi connectivity index (χ0v) is 11.4. The number of benzene rings is 1. The Balaban J connectivity index is 2.38. The predicted octanol–water partition coefficient (Wildman–Crippen LogP) is 2.75. The number of aromatic nitrogens is 2. The van der Waals surface area contributed by atoms with E-state index in [-0.39, 0.29) is 22.5 Å². The van der Waals surface area contributed by atoms with Crippen molar-refractivity contribution >= 4 is 23.2 Å². The third kappa shape index (κ3) is 2.88. The molecule has 0 atom stereocenters. The van der Waals surface area contributed by atoms with Crippen LogP contribution < -0.4 is 10.3 Å². The summed E-state index contributed by atoms with van der Waals surface area (Å²) in [4.78, 5) is 15.8. The van der Waals surface area contributed by atoms with Crippen molar-refractivity contribution in [1.29, 1.82) is 0 Å². The first-order chi connectivity index (χ1) is 9.02. The van der Waals surface area contributed by atoms with Gasteiger partial charge in [0.05, 0.1) is 25.0 Å². The highest BCUT2D eigenvalue weighted by Crippen LogP contribution is 2.17. The Hall–Kier alpha value is -1.59. The summed E-state index contributed by atoms with van der Waals surface area (Å²) in [6.45, 7) is 0.146. The lowest BCUT2D eigenvalue weighted by Crippen LogP contribution is -2.22. The molecule has 7 heteroatoms. The minimum absolute atomic E-state index is 0.00830. The summed E-state index contributed by atoms with van der Waals surface area (Å²) in [5.74, 6) is -0.584. The molecule has 0 N–H and O–H groups in total. The van der Waals surface area contributed by atoms with Crippen LogP contribution in [0.25, 0.3) is 0 Å². The molecule has 2 rings (SSSR count). The fourth-order valence-electron chi connectivity index (χ4n) is 1.57. The number of hydrogen-bond donors (Lipinski definition) is 0. The van der Waals surface area contributed by atoms with E-state index in [0.29, 0.717) is 5.56 Å². The lowest BCUT2D eigenvalue weighted by Gasteiger charge is -2.08. The van der Waals surface area contributed by atoms with E-state index in [2.05, 4.69) is 4.98 Å². The van der Waals surface area contributed by atoms with Gasteiger partial charge in [0.2, 0.25) is 5.75 Å². The molecule has 0 bridgehead atoms. The fourth-order valence-corrected chi connectivity index (χ4v) is 1.89. The highest BCUT2D eigenvalue weighted by Gasteiger charge is 2.11. The molecule has 0 aliphatic rings. The summed E-state index contributed by atoms with van der Waals surface area (Å²) >= 11 is 11.3. The van der Waals surface area contributed by atoms with Crippen LogP contribution in [0.15, 0.2) is 29.3 Å². The topological polar surface area (TPSA) is 44.1 Å². The van der Waals surface area contributed by atoms with Gasteiger partial charge in [-0.25, -0.2) is 9.37 Å². The molecule has 0 amide bonds. The normalized spacial score (nSPS) is 10.5. The molecule has 100 valence electrons. The molecule has 2 aromatic rings. The average molecular weight is 303 g/mol. The molecule has 1 heterocycles. The van der Waals surface area contributed by atoms with Crippen LogP contribution in [0.3, 0.4) is 0 Å². The molecular weight excluding hydrogens is 294 g/mol.